The van der Waals surface area contributed by atoms with Gasteiger partial charge in [0, 0.05) is 18.2 Å². The van der Waals surface area contributed by atoms with Crippen molar-refractivity contribution in [3.8, 4) is 0 Å². The average molecular weight is 436 g/mol. The van der Waals surface area contributed by atoms with Gasteiger partial charge < -0.3 is 0 Å². The van der Waals surface area contributed by atoms with E-state index in [2.05, 4.69) is 83.6 Å². The number of benzene rings is 1. The minimum absolute atomic E-state index is 0.343. The minimum Gasteiger partial charge on any atom is -0.0841 e. The van der Waals surface area contributed by atoms with Crippen molar-refractivity contribution in [3.05, 3.63) is 30.6 Å². The molecule has 1 aromatic rings. The van der Waals surface area contributed by atoms with Gasteiger partial charge in [-0.15, -0.1) is 0 Å². The summed E-state index contributed by atoms with van der Waals surface area (Å²) in [6, 6.07) is 2.13. The molecule has 0 nitrogen and oxygen atoms in total. The monoisotopic (exact) mass is 432 g/mol. The Morgan fingerprint density at radius 2 is 1.69 bits per heavy atom. The highest BCUT2D eigenvalue weighted by atomic mass is 79.9. The summed E-state index contributed by atoms with van der Waals surface area (Å²) in [6.07, 6.45) is 0. The van der Waals surface area contributed by atoms with Gasteiger partial charge in [-0.25, -0.2) is 0 Å². The molecule has 1 unspecified atom stereocenters. The van der Waals surface area contributed by atoms with Crippen molar-refractivity contribution in [1.29, 1.82) is 0 Å². The predicted octanol–water partition coefficient (Wildman–Crippen LogP) is 5.74. The topological polar surface area (TPSA) is 0 Å². The third kappa shape index (κ3) is 2.58. The quantitative estimate of drug-likeness (QED) is 0.390. The summed E-state index contributed by atoms with van der Waals surface area (Å²) < 4.78 is 3.37. The van der Waals surface area contributed by atoms with Gasteiger partial charge in [-0.1, -0.05) is 31.9 Å². The van der Waals surface area contributed by atoms with Crippen molar-refractivity contribution in [2.75, 3.05) is 0 Å². The van der Waals surface area contributed by atoms with Crippen LogP contribution in [0.3, 0.4) is 0 Å². The summed E-state index contributed by atoms with van der Waals surface area (Å²) in [6.45, 7) is 4.18. The SMILES string of the molecule is Cc1c(Br)cc(C(C)Br)c(Br)c1Br. The molecule has 0 aromatic heterocycles. The molecule has 0 aliphatic rings. The molecule has 4 heteroatoms. The normalized spacial score (nSPS) is 13.1. The van der Waals surface area contributed by atoms with Crippen molar-refractivity contribution in [2.45, 2.75) is 18.7 Å². The smallest absolute Gasteiger partial charge is 0.0379 e. The third-order valence-corrected chi connectivity index (χ3v) is 5.54. The fourth-order valence-corrected chi connectivity index (χ4v) is 3.57. The van der Waals surface area contributed by atoms with Crippen LogP contribution in [0.1, 0.15) is 22.9 Å². The van der Waals surface area contributed by atoms with Gasteiger partial charge in [0.2, 0.25) is 0 Å². The zero-order valence-corrected chi connectivity index (χ0v) is 13.5. The Hall–Kier alpha value is 1.14. The van der Waals surface area contributed by atoms with Gasteiger partial charge in [0.1, 0.15) is 0 Å². The largest absolute Gasteiger partial charge is 0.0841 e. The van der Waals surface area contributed by atoms with Crippen molar-refractivity contribution in [3.63, 3.8) is 0 Å². The van der Waals surface area contributed by atoms with Gasteiger partial charge in [-0.2, -0.15) is 0 Å². The maximum Gasteiger partial charge on any atom is 0.0379 e. The van der Waals surface area contributed by atoms with E-state index in [4.69, 9.17) is 0 Å². The van der Waals surface area contributed by atoms with Crippen molar-refractivity contribution in [2.24, 2.45) is 0 Å². The molecule has 0 amide bonds. The summed E-state index contributed by atoms with van der Waals surface area (Å²) in [5.41, 5.74) is 2.45. The van der Waals surface area contributed by atoms with Crippen LogP contribution in [-0.4, -0.2) is 0 Å². The molecule has 1 rings (SSSR count). The van der Waals surface area contributed by atoms with Crippen LogP contribution in [-0.2, 0) is 0 Å². The van der Waals surface area contributed by atoms with E-state index in [1.54, 1.807) is 0 Å². The van der Waals surface area contributed by atoms with Crippen LogP contribution in [0, 0.1) is 6.92 Å². The van der Waals surface area contributed by atoms with Crippen LogP contribution in [0.25, 0.3) is 0 Å². The van der Waals surface area contributed by atoms with Crippen molar-refractivity contribution >= 4 is 63.7 Å². The molecular formula is C9H8Br4. The molecule has 0 saturated heterocycles. The van der Waals surface area contributed by atoms with Crippen LogP contribution in [0.15, 0.2) is 19.5 Å². The lowest BCUT2D eigenvalue weighted by molar-refractivity contribution is 1.10. The lowest BCUT2D eigenvalue weighted by atomic mass is 10.1. The Kier molecular flexibility index (Phi) is 4.48. The van der Waals surface area contributed by atoms with Crippen molar-refractivity contribution < 1.29 is 0 Å². The number of hydrogen-bond donors (Lipinski definition) is 0. The summed E-state index contributed by atoms with van der Waals surface area (Å²) in [4.78, 5) is 0.343. The van der Waals surface area contributed by atoms with E-state index in [-0.39, 0.29) is 0 Å². The summed E-state index contributed by atoms with van der Waals surface area (Å²) in [5, 5.41) is 0. The lowest BCUT2D eigenvalue weighted by Gasteiger charge is -2.12. The molecule has 13 heavy (non-hydrogen) atoms. The molecule has 0 aliphatic heterocycles. The fourth-order valence-electron chi connectivity index (χ4n) is 0.994. The van der Waals surface area contributed by atoms with E-state index in [1.807, 2.05) is 0 Å². The number of alkyl halides is 1. The molecule has 0 spiro atoms. The van der Waals surface area contributed by atoms with Gasteiger partial charge in [0.25, 0.3) is 0 Å². The summed E-state index contributed by atoms with van der Waals surface area (Å²) in [7, 11) is 0. The van der Waals surface area contributed by atoms with Crippen molar-refractivity contribution in [1.82, 2.24) is 0 Å². The van der Waals surface area contributed by atoms with E-state index < -0.39 is 0 Å². The van der Waals surface area contributed by atoms with Gasteiger partial charge in [0.05, 0.1) is 0 Å². The molecule has 1 atom stereocenters. The first-order chi connectivity index (χ1) is 5.95. The first-order valence-electron chi connectivity index (χ1n) is 3.73. The maximum atomic E-state index is 3.57. The number of halogens is 4. The zero-order chi connectivity index (χ0) is 10.2. The van der Waals surface area contributed by atoms with Crippen LogP contribution in [0.5, 0.6) is 0 Å². The van der Waals surface area contributed by atoms with Gasteiger partial charge in [-0.3, -0.25) is 0 Å². The molecule has 0 radical (unpaired) electrons. The zero-order valence-electron chi connectivity index (χ0n) is 7.17. The van der Waals surface area contributed by atoms with Gasteiger partial charge >= 0.3 is 0 Å². The van der Waals surface area contributed by atoms with Crippen LogP contribution in [0.4, 0.5) is 0 Å². The minimum atomic E-state index is 0.343. The summed E-state index contributed by atoms with van der Waals surface area (Å²) >= 11 is 14.2. The standard InChI is InChI=1S/C9H8Br4/c1-4-7(11)3-6(5(2)10)9(13)8(4)12/h3,5H,1-2H3. The Morgan fingerprint density at radius 3 is 2.15 bits per heavy atom. The Balaban J connectivity index is 3.41. The first-order valence-corrected chi connectivity index (χ1v) is 7.02. The maximum absolute atomic E-state index is 3.57. The average Bonchev–Trinajstić information content (AvgIpc) is 2.07. The predicted molar refractivity (Wildman–Crippen MR) is 71.6 cm³/mol. The first kappa shape index (κ1) is 12.2. The van der Waals surface area contributed by atoms with E-state index in [9.17, 15) is 0 Å². The molecule has 0 N–H and O–H groups in total. The lowest BCUT2D eigenvalue weighted by Crippen LogP contribution is -1.90. The van der Waals surface area contributed by atoms with E-state index in [1.165, 1.54) is 11.1 Å². The Morgan fingerprint density at radius 1 is 1.15 bits per heavy atom. The second-order valence-electron chi connectivity index (χ2n) is 2.82. The Bertz CT molecular complexity index is 331. The van der Waals surface area contributed by atoms with Crippen LogP contribution in [0.2, 0.25) is 0 Å². The highest BCUT2D eigenvalue weighted by Gasteiger charge is 2.13. The van der Waals surface area contributed by atoms with Crippen LogP contribution < -0.4 is 0 Å². The molecule has 0 heterocycles. The molecule has 1 aromatic carbocycles. The van der Waals surface area contributed by atoms with Gasteiger partial charge in [0.15, 0.2) is 0 Å². The van der Waals surface area contributed by atoms with Gasteiger partial charge in [-0.05, 0) is 62.9 Å². The highest BCUT2D eigenvalue weighted by Crippen LogP contribution is 2.39. The molecule has 0 saturated carbocycles. The third-order valence-electron chi connectivity index (χ3n) is 1.84. The Labute approximate surface area is 112 Å². The molecule has 0 bridgehead atoms. The van der Waals surface area contributed by atoms with E-state index >= 15 is 0 Å². The number of hydrogen-bond acceptors (Lipinski definition) is 0. The van der Waals surface area contributed by atoms with Crippen LogP contribution >= 0.6 is 63.7 Å². The van der Waals surface area contributed by atoms with E-state index in [0.717, 1.165) is 13.4 Å². The molecule has 72 valence electrons. The molecule has 0 fully saturated rings. The second-order valence-corrected chi connectivity index (χ2v) is 6.63. The molecular weight excluding hydrogens is 428 g/mol. The molecule has 0 aliphatic carbocycles. The number of rotatable bonds is 1. The highest BCUT2D eigenvalue weighted by molar-refractivity contribution is 9.13. The second kappa shape index (κ2) is 4.77. The summed E-state index contributed by atoms with van der Waals surface area (Å²) in [5.74, 6) is 0. The fraction of sp³-hybridized carbons (Fsp3) is 0.333. The van der Waals surface area contributed by atoms with E-state index in [0.29, 0.717) is 4.83 Å².